The van der Waals surface area contributed by atoms with Gasteiger partial charge in [0.1, 0.15) is 11.6 Å². The first-order valence-corrected chi connectivity index (χ1v) is 7.70. The fourth-order valence-corrected chi connectivity index (χ4v) is 2.35. The van der Waals surface area contributed by atoms with Crippen LogP contribution in [0.15, 0.2) is 63.9 Å². The lowest BCUT2D eigenvalue weighted by atomic mass is 10.1. The first-order valence-electron chi connectivity index (χ1n) is 7.70. The molecule has 0 saturated carbocycles. The number of anilines is 1. The summed E-state index contributed by atoms with van der Waals surface area (Å²) in [6.07, 6.45) is 2.62. The molecule has 2 heterocycles. The largest absolute Gasteiger partial charge is 0.438 e. The molecule has 0 aliphatic carbocycles. The Morgan fingerprint density at radius 3 is 2.59 bits per heavy atom. The fraction of sp³-hybridized carbons (Fsp3) is 0. The molecule has 0 aliphatic heterocycles. The van der Waals surface area contributed by atoms with Crippen LogP contribution in [-0.2, 0) is 0 Å². The average molecular weight is 368 g/mol. The maximum Gasteiger partial charge on any atom is 0.285 e. The third-order valence-electron chi connectivity index (χ3n) is 3.65. The number of aromatic nitrogens is 3. The summed E-state index contributed by atoms with van der Waals surface area (Å²) in [5.41, 5.74) is 0.00589. The smallest absolute Gasteiger partial charge is 0.285 e. The molecule has 2 aromatic carbocycles. The van der Waals surface area contributed by atoms with Gasteiger partial charge >= 0.3 is 0 Å². The van der Waals surface area contributed by atoms with Crippen molar-refractivity contribution in [2.75, 3.05) is 5.32 Å². The second-order valence-corrected chi connectivity index (χ2v) is 5.41. The summed E-state index contributed by atoms with van der Waals surface area (Å²) >= 11 is 0. The third-order valence-corrected chi connectivity index (χ3v) is 3.65. The van der Waals surface area contributed by atoms with Crippen molar-refractivity contribution in [2.45, 2.75) is 0 Å². The zero-order chi connectivity index (χ0) is 18.8. The van der Waals surface area contributed by atoms with Crippen LogP contribution in [0.5, 0.6) is 0 Å². The van der Waals surface area contributed by atoms with Crippen LogP contribution in [0.2, 0.25) is 0 Å². The van der Waals surface area contributed by atoms with Crippen molar-refractivity contribution in [3.8, 4) is 23.1 Å². The molecule has 0 atom stereocenters. The van der Waals surface area contributed by atoms with Crippen molar-refractivity contribution in [3.63, 3.8) is 0 Å². The number of amides is 1. The summed E-state index contributed by atoms with van der Waals surface area (Å²) in [7, 11) is 0. The summed E-state index contributed by atoms with van der Waals surface area (Å²) in [6.45, 7) is 0. The molecule has 0 radical (unpaired) electrons. The zero-order valence-electron chi connectivity index (χ0n) is 13.5. The number of hydrogen-bond acceptors (Lipinski definition) is 6. The number of hydrogen-bond donors (Lipinski definition) is 1. The number of nitrogens with one attached hydrogen (secondary N) is 1. The summed E-state index contributed by atoms with van der Waals surface area (Å²) in [6, 6.07) is 9.25. The molecule has 7 nitrogen and oxygen atoms in total. The number of oxazole rings is 1. The molecular weight excluding hydrogens is 358 g/mol. The lowest BCUT2D eigenvalue weighted by molar-refractivity contribution is 0.102. The predicted octanol–water partition coefficient (Wildman–Crippen LogP) is 3.92. The van der Waals surface area contributed by atoms with E-state index in [4.69, 9.17) is 8.83 Å². The number of carbonyl (C=O) groups excluding carboxylic acids is 1. The summed E-state index contributed by atoms with van der Waals surface area (Å²) in [4.78, 5) is 16.0. The molecule has 0 fully saturated rings. The van der Waals surface area contributed by atoms with Crippen LogP contribution in [0.25, 0.3) is 23.1 Å². The van der Waals surface area contributed by atoms with Crippen molar-refractivity contribution in [3.05, 3.63) is 72.3 Å². The average Bonchev–Trinajstić information content (AvgIpc) is 3.35. The molecular formula is C18H10F2N4O3. The van der Waals surface area contributed by atoms with Gasteiger partial charge in [0, 0.05) is 5.56 Å². The highest BCUT2D eigenvalue weighted by atomic mass is 19.1. The molecule has 4 rings (SSSR count). The van der Waals surface area contributed by atoms with E-state index in [1.54, 1.807) is 0 Å². The Labute approximate surface area is 150 Å². The topological polar surface area (TPSA) is 94.1 Å². The monoisotopic (exact) mass is 368 g/mol. The molecule has 0 bridgehead atoms. The van der Waals surface area contributed by atoms with Gasteiger partial charge in [0.05, 0.1) is 17.4 Å². The Kier molecular flexibility index (Phi) is 4.17. The van der Waals surface area contributed by atoms with Gasteiger partial charge in [0.15, 0.2) is 6.39 Å². The van der Waals surface area contributed by atoms with Crippen LogP contribution in [-0.4, -0.2) is 21.1 Å². The second kappa shape index (κ2) is 6.79. The lowest BCUT2D eigenvalue weighted by Gasteiger charge is -2.08. The minimum Gasteiger partial charge on any atom is -0.438 e. The molecule has 4 aromatic rings. The summed E-state index contributed by atoms with van der Waals surface area (Å²) < 4.78 is 38.3. The number of nitrogens with zero attached hydrogens (tertiary/aromatic N) is 3. The van der Waals surface area contributed by atoms with Crippen LogP contribution in [0.3, 0.4) is 0 Å². The van der Waals surface area contributed by atoms with Gasteiger partial charge in [-0.3, -0.25) is 4.79 Å². The van der Waals surface area contributed by atoms with E-state index >= 15 is 0 Å². The Morgan fingerprint density at radius 2 is 1.81 bits per heavy atom. The van der Waals surface area contributed by atoms with Crippen molar-refractivity contribution >= 4 is 11.6 Å². The summed E-state index contributed by atoms with van der Waals surface area (Å²) in [5.74, 6) is -1.72. The number of benzene rings is 2. The van der Waals surface area contributed by atoms with Gasteiger partial charge in [-0.2, -0.15) is 0 Å². The molecule has 0 unspecified atom stereocenters. The highest BCUT2D eigenvalue weighted by Crippen LogP contribution is 2.27. The molecule has 0 aliphatic rings. The van der Waals surface area contributed by atoms with Crippen LogP contribution >= 0.6 is 0 Å². The highest BCUT2D eigenvalue weighted by Gasteiger charge is 2.17. The quantitative estimate of drug-likeness (QED) is 0.587. The molecule has 0 saturated heterocycles. The Balaban J connectivity index is 1.62. The number of rotatable bonds is 4. The molecule has 1 N–H and O–H groups in total. The van der Waals surface area contributed by atoms with Gasteiger partial charge in [-0.05, 0) is 30.3 Å². The third kappa shape index (κ3) is 3.30. The normalized spacial score (nSPS) is 10.7. The van der Waals surface area contributed by atoms with Crippen LogP contribution in [0.1, 0.15) is 10.4 Å². The van der Waals surface area contributed by atoms with E-state index in [0.29, 0.717) is 5.56 Å². The Hall–Kier alpha value is -3.88. The van der Waals surface area contributed by atoms with Crippen molar-refractivity contribution in [1.82, 2.24) is 15.2 Å². The van der Waals surface area contributed by atoms with Gasteiger partial charge < -0.3 is 14.2 Å². The minimum atomic E-state index is -0.781. The van der Waals surface area contributed by atoms with Crippen molar-refractivity contribution in [1.29, 1.82) is 0 Å². The van der Waals surface area contributed by atoms with E-state index in [-0.39, 0.29) is 28.8 Å². The molecule has 27 heavy (non-hydrogen) atoms. The minimum absolute atomic E-state index is 0.0859. The van der Waals surface area contributed by atoms with E-state index in [2.05, 4.69) is 20.5 Å². The van der Waals surface area contributed by atoms with E-state index in [9.17, 15) is 13.6 Å². The fourth-order valence-electron chi connectivity index (χ4n) is 2.35. The lowest BCUT2D eigenvalue weighted by Crippen LogP contribution is -2.14. The molecule has 2 aromatic heterocycles. The highest BCUT2D eigenvalue weighted by molar-refractivity contribution is 6.04. The second-order valence-electron chi connectivity index (χ2n) is 5.41. The Morgan fingerprint density at radius 1 is 1.00 bits per heavy atom. The van der Waals surface area contributed by atoms with E-state index < -0.39 is 17.5 Å². The molecule has 0 spiro atoms. The number of carbonyl (C=O) groups is 1. The molecule has 9 heteroatoms. The SMILES string of the molecule is O=C(Nc1cc(-c2nnc(-c3cnco3)o2)ccc1F)c1ccccc1F. The van der Waals surface area contributed by atoms with Gasteiger partial charge in [0.25, 0.3) is 11.8 Å². The van der Waals surface area contributed by atoms with E-state index in [1.165, 1.54) is 42.9 Å². The first-order chi connectivity index (χ1) is 13.1. The summed E-state index contributed by atoms with van der Waals surface area (Å²) in [5, 5.41) is 10.0. The zero-order valence-corrected chi connectivity index (χ0v) is 13.5. The van der Waals surface area contributed by atoms with Gasteiger partial charge in [-0.1, -0.05) is 12.1 Å². The van der Waals surface area contributed by atoms with E-state index in [0.717, 1.165) is 12.1 Å². The van der Waals surface area contributed by atoms with Crippen molar-refractivity contribution < 1.29 is 22.4 Å². The number of halogens is 2. The van der Waals surface area contributed by atoms with Crippen LogP contribution in [0, 0.1) is 11.6 Å². The maximum absolute atomic E-state index is 14.1. The van der Waals surface area contributed by atoms with Crippen molar-refractivity contribution in [2.24, 2.45) is 0 Å². The molecule has 134 valence electrons. The standard InChI is InChI=1S/C18H10F2N4O3/c19-12-4-2-1-3-11(12)16(25)22-14-7-10(5-6-13(14)20)17-23-24-18(27-17)15-8-21-9-26-15/h1-9H,(H,22,25). The van der Waals surface area contributed by atoms with Gasteiger partial charge in [-0.15, -0.1) is 10.2 Å². The predicted molar refractivity (Wildman–Crippen MR) is 89.5 cm³/mol. The van der Waals surface area contributed by atoms with Gasteiger partial charge in [0.2, 0.25) is 11.7 Å². The van der Waals surface area contributed by atoms with Crippen LogP contribution in [0.4, 0.5) is 14.5 Å². The van der Waals surface area contributed by atoms with Crippen LogP contribution < -0.4 is 5.32 Å². The van der Waals surface area contributed by atoms with E-state index in [1.807, 2.05) is 0 Å². The molecule has 1 amide bonds. The first kappa shape index (κ1) is 16.6. The van der Waals surface area contributed by atoms with Gasteiger partial charge in [-0.25, -0.2) is 13.8 Å². The Bertz CT molecular complexity index is 1110. The maximum atomic E-state index is 14.1.